The summed E-state index contributed by atoms with van der Waals surface area (Å²) in [5.41, 5.74) is -0.429. The van der Waals surface area contributed by atoms with Crippen molar-refractivity contribution < 1.29 is 8.42 Å². The molecule has 0 aliphatic carbocycles. The van der Waals surface area contributed by atoms with Crippen LogP contribution in [0.4, 0.5) is 0 Å². The highest BCUT2D eigenvalue weighted by Gasteiger charge is 2.26. The first-order chi connectivity index (χ1) is 6.85. The fourth-order valence-electron chi connectivity index (χ4n) is 1.62. The summed E-state index contributed by atoms with van der Waals surface area (Å²) in [5.74, 6) is 0.529. The quantitative estimate of drug-likeness (QED) is 0.775. The third-order valence-electron chi connectivity index (χ3n) is 2.60. The van der Waals surface area contributed by atoms with E-state index >= 15 is 0 Å². The number of nitriles is 1. The van der Waals surface area contributed by atoms with Crippen LogP contribution in [0.1, 0.15) is 26.7 Å². The summed E-state index contributed by atoms with van der Waals surface area (Å²) in [4.78, 5) is 0. The van der Waals surface area contributed by atoms with E-state index in [1.807, 2.05) is 13.8 Å². The normalized spacial score (nSPS) is 25.8. The fourth-order valence-corrected chi connectivity index (χ4v) is 3.29. The predicted molar refractivity (Wildman–Crippen MR) is 59.1 cm³/mol. The van der Waals surface area contributed by atoms with Gasteiger partial charge in [0.05, 0.1) is 23.0 Å². The molecule has 86 valence electrons. The topological polar surface area (TPSA) is 70.0 Å². The molecule has 0 bridgehead atoms. The van der Waals surface area contributed by atoms with Crippen LogP contribution in [0.15, 0.2) is 0 Å². The van der Waals surface area contributed by atoms with Gasteiger partial charge in [0.2, 0.25) is 0 Å². The Bertz CT molecular complexity index is 354. The molecule has 0 aromatic heterocycles. The van der Waals surface area contributed by atoms with Gasteiger partial charge in [0.25, 0.3) is 0 Å². The van der Waals surface area contributed by atoms with Crippen molar-refractivity contribution in [1.29, 1.82) is 5.26 Å². The summed E-state index contributed by atoms with van der Waals surface area (Å²) >= 11 is 0. The summed E-state index contributed by atoms with van der Waals surface area (Å²) in [6, 6.07) is 2.21. The van der Waals surface area contributed by atoms with Crippen LogP contribution in [-0.2, 0) is 9.84 Å². The van der Waals surface area contributed by atoms with Gasteiger partial charge in [-0.3, -0.25) is 0 Å². The van der Waals surface area contributed by atoms with Crippen molar-refractivity contribution in [3.63, 3.8) is 0 Å². The van der Waals surface area contributed by atoms with Crippen LogP contribution in [0.25, 0.3) is 0 Å². The molecule has 4 nitrogen and oxygen atoms in total. The van der Waals surface area contributed by atoms with Crippen molar-refractivity contribution in [1.82, 2.24) is 5.32 Å². The van der Waals surface area contributed by atoms with Gasteiger partial charge in [-0.25, -0.2) is 8.42 Å². The summed E-state index contributed by atoms with van der Waals surface area (Å²) in [5, 5.41) is 12.0. The van der Waals surface area contributed by atoms with Gasteiger partial charge in [-0.1, -0.05) is 0 Å². The van der Waals surface area contributed by atoms with Crippen LogP contribution in [0, 0.1) is 16.7 Å². The minimum Gasteiger partial charge on any atom is -0.311 e. The molecule has 1 unspecified atom stereocenters. The summed E-state index contributed by atoms with van der Waals surface area (Å²) in [7, 11) is -2.85. The van der Waals surface area contributed by atoms with E-state index in [9.17, 15) is 8.42 Å². The lowest BCUT2D eigenvalue weighted by Crippen LogP contribution is -2.43. The minimum atomic E-state index is -2.85. The molecule has 1 heterocycles. The van der Waals surface area contributed by atoms with Crippen molar-refractivity contribution in [2.45, 2.75) is 32.7 Å². The van der Waals surface area contributed by atoms with Crippen molar-refractivity contribution >= 4 is 9.84 Å². The molecule has 1 atom stereocenters. The zero-order valence-corrected chi connectivity index (χ0v) is 10.1. The molecule has 0 saturated carbocycles. The van der Waals surface area contributed by atoms with Gasteiger partial charge >= 0.3 is 0 Å². The lowest BCUT2D eigenvalue weighted by atomic mass is 9.95. The summed E-state index contributed by atoms with van der Waals surface area (Å²) in [6.07, 6.45) is 1.62. The molecule has 0 radical (unpaired) electrons. The smallest absolute Gasteiger partial charge is 0.151 e. The molecule has 5 heteroatoms. The molecule has 0 aromatic rings. The van der Waals surface area contributed by atoms with E-state index in [0.29, 0.717) is 12.3 Å². The first kappa shape index (κ1) is 12.5. The van der Waals surface area contributed by atoms with Gasteiger partial charge in [0.15, 0.2) is 9.84 Å². The molecule has 1 fully saturated rings. The van der Waals surface area contributed by atoms with Gasteiger partial charge in [-0.15, -0.1) is 0 Å². The van der Waals surface area contributed by atoms with E-state index in [-0.39, 0.29) is 11.8 Å². The molecule has 0 aromatic carbocycles. The molecule has 15 heavy (non-hydrogen) atoms. The standard InChI is InChI=1S/C10H18N2O2S/c1-10(2,7-11)8-12-9-4-3-5-15(13,14)6-9/h9,12H,3-6,8H2,1-2H3. The highest BCUT2D eigenvalue weighted by molar-refractivity contribution is 7.91. The number of sulfone groups is 1. The fraction of sp³-hybridized carbons (Fsp3) is 0.900. The van der Waals surface area contributed by atoms with Crippen molar-refractivity contribution in [3.8, 4) is 6.07 Å². The van der Waals surface area contributed by atoms with Gasteiger partial charge in [-0.05, 0) is 26.7 Å². The SMILES string of the molecule is CC(C)(C#N)CNC1CCCS(=O)(=O)C1. The van der Waals surface area contributed by atoms with Crippen LogP contribution in [0.3, 0.4) is 0 Å². The van der Waals surface area contributed by atoms with E-state index in [0.717, 1.165) is 12.8 Å². The second kappa shape index (κ2) is 4.50. The third-order valence-corrected chi connectivity index (χ3v) is 4.42. The van der Waals surface area contributed by atoms with E-state index in [1.54, 1.807) is 0 Å². The van der Waals surface area contributed by atoms with Gasteiger partial charge in [0.1, 0.15) is 0 Å². The minimum absolute atomic E-state index is 0.0244. The molecule has 1 aliphatic rings. The maximum Gasteiger partial charge on any atom is 0.151 e. The van der Waals surface area contributed by atoms with Crippen LogP contribution in [0.2, 0.25) is 0 Å². The largest absolute Gasteiger partial charge is 0.311 e. The number of rotatable bonds is 3. The number of hydrogen-bond donors (Lipinski definition) is 1. The molecular formula is C10H18N2O2S. The molecule has 1 aliphatic heterocycles. The Morgan fingerprint density at radius 2 is 2.20 bits per heavy atom. The first-order valence-electron chi connectivity index (χ1n) is 5.20. The lowest BCUT2D eigenvalue weighted by Gasteiger charge is -2.26. The van der Waals surface area contributed by atoms with E-state index in [4.69, 9.17) is 5.26 Å². The zero-order valence-electron chi connectivity index (χ0n) is 9.28. The van der Waals surface area contributed by atoms with Gasteiger partial charge in [-0.2, -0.15) is 5.26 Å². The Kier molecular flexibility index (Phi) is 3.74. The predicted octanol–water partition coefficient (Wildman–Crippen LogP) is 0.703. The Morgan fingerprint density at radius 3 is 2.73 bits per heavy atom. The van der Waals surface area contributed by atoms with Crippen molar-refractivity contribution in [2.75, 3.05) is 18.1 Å². The van der Waals surface area contributed by atoms with Gasteiger partial charge in [0, 0.05) is 12.6 Å². The molecule has 0 amide bonds. The molecule has 1 saturated heterocycles. The van der Waals surface area contributed by atoms with Crippen LogP contribution in [0.5, 0.6) is 0 Å². The Balaban J connectivity index is 2.44. The first-order valence-corrected chi connectivity index (χ1v) is 7.02. The molecular weight excluding hydrogens is 212 g/mol. The van der Waals surface area contributed by atoms with Crippen molar-refractivity contribution in [3.05, 3.63) is 0 Å². The maximum absolute atomic E-state index is 11.4. The van der Waals surface area contributed by atoms with Gasteiger partial charge < -0.3 is 5.32 Å². The lowest BCUT2D eigenvalue weighted by molar-refractivity contribution is 0.392. The second-order valence-corrected chi connectivity index (χ2v) is 7.06. The number of hydrogen-bond acceptors (Lipinski definition) is 4. The number of nitrogens with zero attached hydrogens (tertiary/aromatic N) is 1. The van der Waals surface area contributed by atoms with Crippen LogP contribution in [-0.4, -0.2) is 32.5 Å². The summed E-state index contributed by atoms with van der Waals surface area (Å²) in [6.45, 7) is 4.23. The maximum atomic E-state index is 11.4. The summed E-state index contributed by atoms with van der Waals surface area (Å²) < 4.78 is 22.7. The Labute approximate surface area is 91.6 Å². The Hall–Kier alpha value is -0.600. The van der Waals surface area contributed by atoms with Crippen molar-refractivity contribution in [2.24, 2.45) is 5.41 Å². The Morgan fingerprint density at radius 1 is 1.53 bits per heavy atom. The zero-order chi connectivity index (χ0) is 11.5. The third kappa shape index (κ3) is 4.18. The average Bonchev–Trinajstić information content (AvgIpc) is 2.14. The second-order valence-electron chi connectivity index (χ2n) is 4.83. The molecule has 1 rings (SSSR count). The number of nitrogens with one attached hydrogen (secondary N) is 1. The highest BCUT2D eigenvalue weighted by Crippen LogP contribution is 2.15. The van der Waals surface area contributed by atoms with E-state index < -0.39 is 15.3 Å². The van der Waals surface area contributed by atoms with Crippen LogP contribution >= 0.6 is 0 Å². The highest BCUT2D eigenvalue weighted by atomic mass is 32.2. The van der Waals surface area contributed by atoms with E-state index in [1.165, 1.54) is 0 Å². The average molecular weight is 230 g/mol. The monoisotopic (exact) mass is 230 g/mol. The molecule has 1 N–H and O–H groups in total. The molecule has 0 spiro atoms. The van der Waals surface area contributed by atoms with Crippen LogP contribution < -0.4 is 5.32 Å². The van der Waals surface area contributed by atoms with E-state index in [2.05, 4.69) is 11.4 Å².